The van der Waals surface area contributed by atoms with Gasteiger partial charge >= 0.3 is 5.97 Å². The van der Waals surface area contributed by atoms with Gasteiger partial charge in [-0.15, -0.1) is 10.2 Å². The molecule has 1 aromatic carbocycles. The summed E-state index contributed by atoms with van der Waals surface area (Å²) in [7, 11) is 1.71. The highest BCUT2D eigenvalue weighted by Gasteiger charge is 2.22. The van der Waals surface area contributed by atoms with Crippen LogP contribution in [0.15, 0.2) is 34.6 Å². The van der Waals surface area contributed by atoms with E-state index in [0.29, 0.717) is 36.4 Å². The quantitative estimate of drug-likeness (QED) is 0.389. The molecular formula is C16H17N5O6S. The third kappa shape index (κ3) is 4.64. The maximum atomic E-state index is 12.2. The molecule has 0 aliphatic carbocycles. The number of ether oxygens (including phenoxy) is 2. The topological polar surface area (TPSA) is 130 Å². The Morgan fingerprint density at radius 3 is 2.75 bits per heavy atom. The first-order valence-corrected chi connectivity index (χ1v) is 9.10. The molecule has 12 heteroatoms. The van der Waals surface area contributed by atoms with Gasteiger partial charge in [-0.05, 0) is 23.9 Å². The fraction of sp³-hybridized carbons (Fsp3) is 0.375. The molecule has 0 N–H and O–H groups in total. The zero-order valence-electron chi connectivity index (χ0n) is 14.9. The lowest BCUT2D eigenvalue weighted by Crippen LogP contribution is -2.42. The number of nitrogens with zero attached hydrogens (tertiary/aromatic N) is 5. The van der Waals surface area contributed by atoms with Crippen molar-refractivity contribution in [2.24, 2.45) is 7.05 Å². The molecule has 1 amide bonds. The highest BCUT2D eigenvalue weighted by molar-refractivity contribution is 7.99. The van der Waals surface area contributed by atoms with Crippen molar-refractivity contribution in [1.82, 2.24) is 19.7 Å². The Labute approximate surface area is 163 Å². The second-order valence-corrected chi connectivity index (χ2v) is 6.84. The van der Waals surface area contributed by atoms with Gasteiger partial charge < -0.3 is 18.9 Å². The smallest absolute Gasteiger partial charge is 0.338 e. The zero-order chi connectivity index (χ0) is 20.1. The molecule has 2 aromatic rings. The molecule has 2 heterocycles. The van der Waals surface area contributed by atoms with E-state index in [0.717, 1.165) is 17.8 Å². The van der Waals surface area contributed by atoms with Crippen LogP contribution < -0.4 is 0 Å². The summed E-state index contributed by atoms with van der Waals surface area (Å²) in [6.45, 7) is 1.33. The Hall–Kier alpha value is -2.99. The van der Waals surface area contributed by atoms with E-state index in [2.05, 4.69) is 10.2 Å². The van der Waals surface area contributed by atoms with Gasteiger partial charge in [0.2, 0.25) is 0 Å². The molecule has 1 aromatic heterocycles. The number of aromatic nitrogens is 3. The van der Waals surface area contributed by atoms with Crippen molar-refractivity contribution in [3.63, 3.8) is 0 Å². The molecule has 0 saturated carbocycles. The van der Waals surface area contributed by atoms with Gasteiger partial charge in [-0.2, -0.15) is 0 Å². The summed E-state index contributed by atoms with van der Waals surface area (Å²) in [6.07, 6.45) is 1.48. The van der Waals surface area contributed by atoms with Crippen molar-refractivity contribution in [3.05, 3.63) is 40.2 Å². The zero-order valence-corrected chi connectivity index (χ0v) is 15.8. The molecule has 0 radical (unpaired) electrons. The van der Waals surface area contributed by atoms with Crippen molar-refractivity contribution >= 4 is 29.3 Å². The maximum absolute atomic E-state index is 12.2. The first-order valence-electron chi connectivity index (χ1n) is 8.28. The van der Waals surface area contributed by atoms with Crippen LogP contribution in [0.25, 0.3) is 0 Å². The molecule has 0 spiro atoms. The molecule has 0 atom stereocenters. The van der Waals surface area contributed by atoms with Crippen LogP contribution >= 0.6 is 11.8 Å². The Balaban J connectivity index is 1.68. The predicted octanol–water partition coefficient (Wildman–Crippen LogP) is 0.890. The summed E-state index contributed by atoms with van der Waals surface area (Å²) in [5, 5.41) is 19.5. The fourth-order valence-electron chi connectivity index (χ4n) is 2.45. The third-order valence-electron chi connectivity index (χ3n) is 3.95. The summed E-state index contributed by atoms with van der Waals surface area (Å²) in [5.74, 6) is -1.14. The van der Waals surface area contributed by atoms with Crippen molar-refractivity contribution in [2.45, 2.75) is 10.1 Å². The van der Waals surface area contributed by atoms with Crippen LogP contribution in [0.5, 0.6) is 0 Å². The molecule has 0 bridgehead atoms. The molecule has 1 fully saturated rings. The predicted molar refractivity (Wildman–Crippen MR) is 95.9 cm³/mol. The van der Waals surface area contributed by atoms with Crippen LogP contribution in [0.2, 0.25) is 0 Å². The van der Waals surface area contributed by atoms with Crippen LogP contribution in [0, 0.1) is 10.1 Å². The second kappa shape index (κ2) is 8.80. The van der Waals surface area contributed by atoms with E-state index in [1.54, 1.807) is 16.5 Å². The molecule has 1 aliphatic rings. The molecule has 0 unspecified atom stereocenters. The van der Waals surface area contributed by atoms with E-state index < -0.39 is 17.5 Å². The van der Waals surface area contributed by atoms with E-state index in [9.17, 15) is 19.7 Å². The van der Waals surface area contributed by atoms with E-state index in [-0.39, 0.29) is 17.2 Å². The lowest BCUT2D eigenvalue weighted by Gasteiger charge is -2.26. The number of amides is 1. The minimum absolute atomic E-state index is 0.0104. The van der Waals surface area contributed by atoms with Gasteiger partial charge in [0.05, 0.1) is 28.6 Å². The van der Waals surface area contributed by atoms with Gasteiger partial charge in [-0.1, -0.05) is 0 Å². The average Bonchev–Trinajstić information content (AvgIpc) is 3.11. The molecule has 1 aliphatic heterocycles. The molecule has 3 rings (SSSR count). The number of nitro groups is 1. The normalized spacial score (nSPS) is 14.0. The van der Waals surface area contributed by atoms with Gasteiger partial charge in [0, 0.05) is 26.2 Å². The number of aryl methyl sites for hydroxylation is 1. The highest BCUT2D eigenvalue weighted by Crippen LogP contribution is 2.34. The number of morpholine rings is 1. The summed E-state index contributed by atoms with van der Waals surface area (Å²) >= 11 is 1.06. The Kier molecular flexibility index (Phi) is 6.21. The lowest BCUT2D eigenvalue weighted by atomic mass is 10.2. The van der Waals surface area contributed by atoms with Crippen LogP contribution in [0.1, 0.15) is 10.4 Å². The van der Waals surface area contributed by atoms with Crippen molar-refractivity contribution in [2.75, 3.05) is 32.9 Å². The number of nitro benzene ring substituents is 1. The number of rotatable bonds is 6. The minimum Gasteiger partial charge on any atom is -0.452 e. The Morgan fingerprint density at radius 1 is 1.36 bits per heavy atom. The molecular weight excluding hydrogens is 390 g/mol. The SMILES string of the molecule is Cn1cnnc1Sc1ccc(C(=O)OCC(=O)N2CCOCC2)cc1[N+](=O)[O-]. The summed E-state index contributed by atoms with van der Waals surface area (Å²) in [6, 6.07) is 3.98. The molecule has 28 heavy (non-hydrogen) atoms. The first kappa shape index (κ1) is 19.8. The fourth-order valence-corrected chi connectivity index (χ4v) is 3.30. The standard InChI is InChI=1S/C16H17N5O6S/c1-19-10-17-18-16(19)28-13-3-2-11(8-12(13)21(24)25)15(23)27-9-14(22)20-4-6-26-7-5-20/h2-3,8,10H,4-7,9H2,1H3. The Bertz CT molecular complexity index is 895. The van der Waals surface area contributed by atoms with Crippen molar-refractivity contribution < 1.29 is 24.0 Å². The van der Waals surface area contributed by atoms with Crippen LogP contribution in [-0.4, -0.2) is 69.4 Å². The second-order valence-electron chi connectivity index (χ2n) is 5.84. The highest BCUT2D eigenvalue weighted by atomic mass is 32.2. The van der Waals surface area contributed by atoms with Crippen LogP contribution in [-0.2, 0) is 21.3 Å². The molecule has 148 valence electrons. The monoisotopic (exact) mass is 407 g/mol. The summed E-state index contributed by atoms with van der Waals surface area (Å²) in [4.78, 5) is 36.9. The van der Waals surface area contributed by atoms with E-state index in [1.807, 2.05) is 0 Å². The van der Waals surface area contributed by atoms with Crippen molar-refractivity contribution in [3.8, 4) is 0 Å². The minimum atomic E-state index is -0.806. The van der Waals surface area contributed by atoms with E-state index in [4.69, 9.17) is 9.47 Å². The number of carbonyl (C=O) groups excluding carboxylic acids is 2. The Morgan fingerprint density at radius 2 is 2.11 bits per heavy atom. The maximum Gasteiger partial charge on any atom is 0.338 e. The van der Waals surface area contributed by atoms with Gasteiger partial charge in [-0.25, -0.2) is 4.79 Å². The molecule has 11 nitrogen and oxygen atoms in total. The molecule has 1 saturated heterocycles. The van der Waals surface area contributed by atoms with Gasteiger partial charge in [0.15, 0.2) is 11.8 Å². The number of carbonyl (C=O) groups is 2. The number of hydrogen-bond acceptors (Lipinski definition) is 9. The first-order chi connectivity index (χ1) is 13.5. The van der Waals surface area contributed by atoms with Gasteiger partial charge in [0.1, 0.15) is 6.33 Å². The third-order valence-corrected chi connectivity index (χ3v) is 5.07. The summed E-state index contributed by atoms with van der Waals surface area (Å²) < 4.78 is 11.8. The van der Waals surface area contributed by atoms with Gasteiger partial charge in [-0.3, -0.25) is 14.9 Å². The number of hydrogen-bond donors (Lipinski definition) is 0. The number of benzene rings is 1. The van der Waals surface area contributed by atoms with E-state index >= 15 is 0 Å². The van der Waals surface area contributed by atoms with E-state index in [1.165, 1.54) is 18.5 Å². The average molecular weight is 407 g/mol. The number of esters is 1. The van der Waals surface area contributed by atoms with Gasteiger partial charge in [0.25, 0.3) is 11.6 Å². The van der Waals surface area contributed by atoms with Crippen molar-refractivity contribution in [1.29, 1.82) is 0 Å². The lowest BCUT2D eigenvalue weighted by molar-refractivity contribution is -0.387. The van der Waals surface area contributed by atoms with Crippen LogP contribution in [0.4, 0.5) is 5.69 Å². The van der Waals surface area contributed by atoms with Crippen LogP contribution in [0.3, 0.4) is 0 Å². The summed E-state index contributed by atoms with van der Waals surface area (Å²) in [5.41, 5.74) is -0.272. The largest absolute Gasteiger partial charge is 0.452 e.